The fourth-order valence-electron chi connectivity index (χ4n) is 2.12. The van der Waals surface area contributed by atoms with Crippen molar-refractivity contribution in [3.05, 3.63) is 47.0 Å². The van der Waals surface area contributed by atoms with Crippen LogP contribution in [0.25, 0.3) is 0 Å². The van der Waals surface area contributed by atoms with Crippen LogP contribution in [0.3, 0.4) is 0 Å². The monoisotopic (exact) mass is 383 g/mol. The quantitative estimate of drug-likeness (QED) is 0.819. The maximum Gasteiger partial charge on any atom is 0.451 e. The number of alkyl halides is 3. The van der Waals surface area contributed by atoms with Crippen LogP contribution in [-0.4, -0.2) is 33.1 Å². The zero-order chi connectivity index (χ0) is 20.4. The number of aryl methyl sites for hydroxylation is 1. The topological polar surface area (TPSA) is 101 Å². The first-order valence-corrected chi connectivity index (χ1v) is 7.75. The Morgan fingerprint density at radius 2 is 1.85 bits per heavy atom. The standard InChI is InChI=1S/C17H16F3N3O4/c1-8(2)27-13-5-4-10(15(25)26)7-11(13)22-14(24)12-6-9(3)21-16(23-12)17(18,19)20/h4-8H,1-3H3,(H,22,24)(H,25,26). The van der Waals surface area contributed by atoms with Gasteiger partial charge in [-0.15, -0.1) is 0 Å². The molecule has 0 radical (unpaired) electrons. The van der Waals surface area contributed by atoms with Crippen molar-refractivity contribution < 1.29 is 32.6 Å². The van der Waals surface area contributed by atoms with E-state index >= 15 is 0 Å². The van der Waals surface area contributed by atoms with E-state index in [1.54, 1.807) is 13.8 Å². The summed E-state index contributed by atoms with van der Waals surface area (Å²) < 4.78 is 44.0. The van der Waals surface area contributed by atoms with Crippen molar-refractivity contribution in [2.24, 2.45) is 0 Å². The van der Waals surface area contributed by atoms with Crippen molar-refractivity contribution in [3.8, 4) is 5.75 Å². The number of halogens is 3. The molecule has 0 unspecified atom stereocenters. The molecule has 2 rings (SSSR count). The first kappa shape index (κ1) is 20.1. The first-order chi connectivity index (χ1) is 12.5. The largest absolute Gasteiger partial charge is 0.489 e. The SMILES string of the molecule is Cc1cc(C(=O)Nc2cc(C(=O)O)ccc2OC(C)C)nc(C(F)(F)F)n1. The Kier molecular flexibility index (Phi) is 5.67. The van der Waals surface area contributed by atoms with E-state index in [2.05, 4.69) is 15.3 Å². The van der Waals surface area contributed by atoms with Gasteiger partial charge in [0.05, 0.1) is 17.4 Å². The number of nitrogens with one attached hydrogen (secondary N) is 1. The molecule has 0 fully saturated rings. The molecule has 1 amide bonds. The molecule has 1 aromatic heterocycles. The van der Waals surface area contributed by atoms with Gasteiger partial charge in [-0.2, -0.15) is 13.2 Å². The van der Waals surface area contributed by atoms with Crippen molar-refractivity contribution in [2.75, 3.05) is 5.32 Å². The maximum atomic E-state index is 12.8. The summed E-state index contributed by atoms with van der Waals surface area (Å²) in [4.78, 5) is 30.0. The van der Waals surface area contributed by atoms with Crippen LogP contribution in [-0.2, 0) is 6.18 Å². The molecule has 0 saturated heterocycles. The molecular weight excluding hydrogens is 367 g/mol. The molecule has 0 aliphatic rings. The number of carbonyl (C=O) groups is 2. The summed E-state index contributed by atoms with van der Waals surface area (Å²) in [6.45, 7) is 4.74. The maximum absolute atomic E-state index is 12.8. The van der Waals surface area contributed by atoms with E-state index in [0.29, 0.717) is 0 Å². The van der Waals surface area contributed by atoms with E-state index in [-0.39, 0.29) is 28.8 Å². The van der Waals surface area contributed by atoms with Crippen LogP contribution in [0.1, 0.15) is 46.2 Å². The number of ether oxygens (including phenoxy) is 1. The molecule has 1 heterocycles. The number of benzene rings is 1. The number of aromatic nitrogens is 2. The number of nitrogens with zero attached hydrogens (tertiary/aromatic N) is 2. The summed E-state index contributed by atoms with van der Waals surface area (Å²) in [5, 5.41) is 11.4. The third-order valence-electron chi connectivity index (χ3n) is 3.18. The second kappa shape index (κ2) is 7.60. The molecule has 0 atom stereocenters. The Morgan fingerprint density at radius 1 is 1.19 bits per heavy atom. The average Bonchev–Trinajstić information content (AvgIpc) is 2.54. The van der Waals surface area contributed by atoms with Crippen molar-refractivity contribution >= 4 is 17.6 Å². The molecular formula is C17H16F3N3O4. The molecule has 144 valence electrons. The third-order valence-corrected chi connectivity index (χ3v) is 3.18. The summed E-state index contributed by atoms with van der Waals surface area (Å²) in [6, 6.07) is 4.88. The van der Waals surface area contributed by atoms with Crippen molar-refractivity contribution in [1.82, 2.24) is 9.97 Å². The molecule has 27 heavy (non-hydrogen) atoms. The van der Waals surface area contributed by atoms with Crippen LogP contribution in [0.15, 0.2) is 24.3 Å². The van der Waals surface area contributed by atoms with Gasteiger partial charge in [-0.05, 0) is 45.0 Å². The number of carboxylic acids is 1. The smallest absolute Gasteiger partial charge is 0.451 e. The van der Waals surface area contributed by atoms with Crippen molar-refractivity contribution in [1.29, 1.82) is 0 Å². The summed E-state index contributed by atoms with van der Waals surface area (Å²) in [7, 11) is 0. The molecule has 0 spiro atoms. The Balaban J connectivity index is 2.41. The lowest BCUT2D eigenvalue weighted by Crippen LogP contribution is -2.20. The summed E-state index contributed by atoms with van der Waals surface area (Å²) >= 11 is 0. The highest BCUT2D eigenvalue weighted by molar-refractivity contribution is 6.04. The van der Waals surface area contributed by atoms with Gasteiger partial charge >= 0.3 is 12.1 Å². The molecule has 0 aliphatic heterocycles. The van der Waals surface area contributed by atoms with Gasteiger partial charge < -0.3 is 15.2 Å². The van der Waals surface area contributed by atoms with Gasteiger partial charge in [0.15, 0.2) is 0 Å². The fourth-order valence-corrected chi connectivity index (χ4v) is 2.12. The molecule has 7 nitrogen and oxygen atoms in total. The number of aromatic carboxylic acids is 1. The number of carbonyl (C=O) groups excluding carboxylic acids is 1. The minimum absolute atomic E-state index is 0.00146. The van der Waals surface area contributed by atoms with Crippen LogP contribution in [0.2, 0.25) is 0 Å². The van der Waals surface area contributed by atoms with E-state index in [1.807, 2.05) is 0 Å². The van der Waals surface area contributed by atoms with Gasteiger partial charge in [-0.25, -0.2) is 14.8 Å². The van der Waals surface area contributed by atoms with Crippen LogP contribution in [0.5, 0.6) is 5.75 Å². The van der Waals surface area contributed by atoms with Gasteiger partial charge in [-0.1, -0.05) is 0 Å². The van der Waals surface area contributed by atoms with Gasteiger partial charge in [0.25, 0.3) is 5.91 Å². The van der Waals surface area contributed by atoms with E-state index in [1.165, 1.54) is 19.1 Å². The van der Waals surface area contributed by atoms with E-state index < -0.39 is 29.6 Å². The van der Waals surface area contributed by atoms with Crippen molar-refractivity contribution in [3.63, 3.8) is 0 Å². The zero-order valence-electron chi connectivity index (χ0n) is 14.6. The van der Waals surface area contributed by atoms with E-state index in [9.17, 15) is 22.8 Å². The predicted molar refractivity (Wildman–Crippen MR) is 88.9 cm³/mol. The minimum atomic E-state index is -4.81. The summed E-state index contributed by atoms with van der Waals surface area (Å²) in [5.41, 5.74) is -0.679. The molecule has 2 N–H and O–H groups in total. The van der Waals surface area contributed by atoms with Gasteiger partial charge in [0, 0.05) is 5.69 Å². The molecule has 0 aliphatic carbocycles. The highest BCUT2D eigenvalue weighted by atomic mass is 19.4. The number of hydrogen-bond donors (Lipinski definition) is 2. The number of amides is 1. The minimum Gasteiger partial charge on any atom is -0.489 e. The summed E-state index contributed by atoms with van der Waals surface area (Å²) in [6.07, 6.45) is -5.09. The Hall–Kier alpha value is -3.17. The molecule has 1 aromatic carbocycles. The Morgan fingerprint density at radius 3 is 2.41 bits per heavy atom. The van der Waals surface area contributed by atoms with Crippen molar-refractivity contribution in [2.45, 2.75) is 33.1 Å². The fraction of sp³-hybridized carbons (Fsp3) is 0.294. The third kappa shape index (κ3) is 5.16. The second-order valence-corrected chi connectivity index (χ2v) is 5.85. The van der Waals surface area contributed by atoms with Crippen LogP contribution in [0, 0.1) is 6.92 Å². The lowest BCUT2D eigenvalue weighted by molar-refractivity contribution is -0.145. The summed E-state index contributed by atoms with van der Waals surface area (Å²) in [5.74, 6) is -3.46. The van der Waals surface area contributed by atoms with Gasteiger partial charge in [-0.3, -0.25) is 4.79 Å². The number of anilines is 1. The molecule has 0 saturated carbocycles. The van der Waals surface area contributed by atoms with E-state index in [4.69, 9.17) is 9.84 Å². The average molecular weight is 383 g/mol. The predicted octanol–water partition coefficient (Wildman–Crippen LogP) is 3.54. The normalized spacial score (nSPS) is 11.4. The Bertz CT molecular complexity index is 882. The van der Waals surface area contributed by atoms with Crippen LogP contribution in [0.4, 0.5) is 18.9 Å². The second-order valence-electron chi connectivity index (χ2n) is 5.85. The highest BCUT2D eigenvalue weighted by Crippen LogP contribution is 2.29. The number of hydrogen-bond acceptors (Lipinski definition) is 5. The Labute approximate surface area is 152 Å². The first-order valence-electron chi connectivity index (χ1n) is 7.75. The molecule has 10 heteroatoms. The van der Waals surface area contributed by atoms with Gasteiger partial charge in [0.2, 0.25) is 5.82 Å². The van der Waals surface area contributed by atoms with Crippen LogP contribution >= 0.6 is 0 Å². The van der Waals surface area contributed by atoms with Gasteiger partial charge in [0.1, 0.15) is 11.4 Å². The number of carboxylic acid groups (broad SMARTS) is 1. The van der Waals surface area contributed by atoms with Crippen LogP contribution < -0.4 is 10.1 Å². The number of rotatable bonds is 5. The highest BCUT2D eigenvalue weighted by Gasteiger charge is 2.35. The molecule has 0 bridgehead atoms. The lowest BCUT2D eigenvalue weighted by atomic mass is 10.1. The zero-order valence-corrected chi connectivity index (χ0v) is 14.6. The lowest BCUT2D eigenvalue weighted by Gasteiger charge is -2.16. The van der Waals surface area contributed by atoms with E-state index in [0.717, 1.165) is 12.1 Å². The molecule has 2 aromatic rings.